The molecule has 1 aromatic carbocycles. The Labute approximate surface area is 201 Å². The van der Waals surface area contributed by atoms with Crippen molar-refractivity contribution in [3.05, 3.63) is 59.1 Å². The van der Waals surface area contributed by atoms with Crippen LogP contribution in [-0.2, 0) is 6.54 Å². The number of aromatic nitrogens is 5. The summed E-state index contributed by atoms with van der Waals surface area (Å²) in [7, 11) is 0. The number of fused-ring (bicyclic) bond motifs is 3. The molecular formula is C25H28F3N7. The van der Waals surface area contributed by atoms with Crippen LogP contribution in [0.15, 0.2) is 24.5 Å². The number of piperidine rings is 1. The van der Waals surface area contributed by atoms with Crippen molar-refractivity contribution in [2.24, 2.45) is 11.8 Å². The molecule has 4 atom stereocenters. The van der Waals surface area contributed by atoms with Gasteiger partial charge in [0.05, 0.1) is 0 Å². The first-order chi connectivity index (χ1) is 17.0. The average molecular weight is 484 g/mol. The maximum Gasteiger partial charge on any atom is 0.242 e. The molecule has 6 rings (SSSR count). The molecule has 184 valence electrons. The third kappa shape index (κ3) is 4.02. The highest BCUT2D eigenvalue weighted by Crippen LogP contribution is 2.40. The quantitative estimate of drug-likeness (QED) is 0.554. The minimum Gasteiger partial charge on any atom is -0.356 e. The molecule has 2 aliphatic heterocycles. The fourth-order valence-electron chi connectivity index (χ4n) is 6.09. The maximum absolute atomic E-state index is 14.7. The Hall–Kier alpha value is -3.17. The van der Waals surface area contributed by atoms with Gasteiger partial charge in [0, 0.05) is 48.9 Å². The fraction of sp³-hybridized carbons (Fsp3) is 0.520. The average Bonchev–Trinajstić information content (AvgIpc) is 3.25. The lowest BCUT2D eigenvalue weighted by Crippen LogP contribution is -2.48. The van der Waals surface area contributed by atoms with Crippen molar-refractivity contribution in [1.82, 2.24) is 24.7 Å². The number of hydrogen-bond donors (Lipinski definition) is 1. The molecule has 10 heteroatoms. The molecule has 7 nitrogen and oxygen atoms in total. The van der Waals surface area contributed by atoms with Gasteiger partial charge in [-0.1, -0.05) is 12.5 Å². The molecule has 2 fully saturated rings. The van der Waals surface area contributed by atoms with E-state index >= 15 is 0 Å². The van der Waals surface area contributed by atoms with Crippen LogP contribution in [0.1, 0.15) is 55.1 Å². The largest absolute Gasteiger partial charge is 0.356 e. The Kier molecular flexibility index (Phi) is 5.61. The van der Waals surface area contributed by atoms with Crippen molar-refractivity contribution >= 4 is 11.8 Å². The summed E-state index contributed by atoms with van der Waals surface area (Å²) in [6, 6.07) is 4.60. The van der Waals surface area contributed by atoms with E-state index in [2.05, 4.69) is 20.2 Å². The molecule has 2 aromatic heterocycles. The van der Waals surface area contributed by atoms with E-state index in [4.69, 9.17) is 10.1 Å². The molecule has 1 N–H and O–H groups in total. The van der Waals surface area contributed by atoms with Gasteiger partial charge in [-0.3, -0.25) is 0 Å². The Morgan fingerprint density at radius 1 is 0.971 bits per heavy atom. The highest BCUT2D eigenvalue weighted by atomic mass is 19.2. The normalized spacial score (nSPS) is 25.9. The third-order valence-electron chi connectivity index (χ3n) is 7.81. The van der Waals surface area contributed by atoms with Crippen LogP contribution >= 0.6 is 0 Å². The minimum atomic E-state index is -1.43. The summed E-state index contributed by atoms with van der Waals surface area (Å²) in [5.41, 5.74) is 1.10. The van der Waals surface area contributed by atoms with Gasteiger partial charge < -0.3 is 10.2 Å². The van der Waals surface area contributed by atoms with Gasteiger partial charge in [-0.05, 0) is 50.5 Å². The Bertz CT molecular complexity index is 1230. The summed E-state index contributed by atoms with van der Waals surface area (Å²) in [6.07, 6.45) is 6.19. The number of aryl methyl sites for hydroxylation is 2. The fourth-order valence-corrected chi connectivity index (χ4v) is 6.09. The number of halogens is 3. The molecule has 4 heterocycles. The number of nitrogens with one attached hydrogen (secondary N) is 1. The van der Waals surface area contributed by atoms with E-state index in [0.29, 0.717) is 36.6 Å². The number of rotatable bonds is 4. The molecule has 0 spiro atoms. The van der Waals surface area contributed by atoms with Crippen LogP contribution < -0.4 is 10.2 Å². The van der Waals surface area contributed by atoms with Gasteiger partial charge in [0.25, 0.3) is 0 Å². The van der Waals surface area contributed by atoms with Gasteiger partial charge in [-0.25, -0.2) is 27.8 Å². The summed E-state index contributed by atoms with van der Waals surface area (Å²) < 4.78 is 44.0. The first kappa shape index (κ1) is 22.3. The molecule has 1 saturated heterocycles. The lowest BCUT2D eigenvalue weighted by Gasteiger charge is -2.38. The first-order valence-corrected chi connectivity index (χ1v) is 12.4. The summed E-state index contributed by atoms with van der Waals surface area (Å²) in [6.45, 7) is 4.45. The molecule has 35 heavy (non-hydrogen) atoms. The second-order valence-electron chi connectivity index (χ2n) is 10.0. The van der Waals surface area contributed by atoms with Gasteiger partial charge in [0.1, 0.15) is 18.0 Å². The molecule has 0 unspecified atom stereocenters. The number of benzene rings is 1. The standard InChI is InChI=1S/C25H28F3N7/c1-14-10-20(30-13-29-14)34-11-15-5-6-16(12-34)23(15)31-25-32-24-18(4-2-3-9-35(24)33-25)17-7-8-19(26)22(28)21(17)27/h7-8,10,13,15-16,18,23H,2-6,9,11-12H2,1H3,(H,31,33)/t15-,16+,18-,23-/m1/s1. The highest BCUT2D eigenvalue weighted by Gasteiger charge is 2.43. The van der Waals surface area contributed by atoms with Crippen LogP contribution in [0.5, 0.6) is 0 Å². The Morgan fingerprint density at radius 3 is 2.54 bits per heavy atom. The van der Waals surface area contributed by atoms with Gasteiger partial charge in [-0.2, -0.15) is 4.98 Å². The van der Waals surface area contributed by atoms with Gasteiger partial charge in [0.2, 0.25) is 5.95 Å². The molecule has 1 saturated carbocycles. The second-order valence-corrected chi connectivity index (χ2v) is 10.0. The van der Waals surface area contributed by atoms with E-state index in [-0.39, 0.29) is 11.6 Å². The van der Waals surface area contributed by atoms with Crippen molar-refractivity contribution in [3.63, 3.8) is 0 Å². The van der Waals surface area contributed by atoms with Crippen LogP contribution in [0.25, 0.3) is 0 Å². The third-order valence-corrected chi connectivity index (χ3v) is 7.81. The van der Waals surface area contributed by atoms with Gasteiger partial charge >= 0.3 is 0 Å². The molecule has 3 aromatic rings. The molecular weight excluding hydrogens is 455 g/mol. The second kappa shape index (κ2) is 8.80. The Balaban J connectivity index is 1.24. The predicted molar refractivity (Wildman–Crippen MR) is 125 cm³/mol. The van der Waals surface area contributed by atoms with Crippen molar-refractivity contribution < 1.29 is 13.2 Å². The van der Waals surface area contributed by atoms with Crippen molar-refractivity contribution in [3.8, 4) is 0 Å². The van der Waals surface area contributed by atoms with Crippen LogP contribution in [0.3, 0.4) is 0 Å². The van der Waals surface area contributed by atoms with E-state index < -0.39 is 23.4 Å². The van der Waals surface area contributed by atoms with Crippen LogP contribution in [0, 0.1) is 36.2 Å². The number of hydrogen-bond acceptors (Lipinski definition) is 6. The zero-order chi connectivity index (χ0) is 24.1. The topological polar surface area (TPSA) is 71.8 Å². The zero-order valence-corrected chi connectivity index (χ0v) is 19.6. The van der Waals surface area contributed by atoms with Crippen molar-refractivity contribution in [2.45, 2.75) is 57.5 Å². The summed E-state index contributed by atoms with van der Waals surface area (Å²) in [5.74, 6) is -1.23. The summed E-state index contributed by atoms with van der Waals surface area (Å²) in [4.78, 5) is 15.8. The molecule has 1 aliphatic carbocycles. The first-order valence-electron chi connectivity index (χ1n) is 12.4. The van der Waals surface area contributed by atoms with Crippen LogP contribution in [0.4, 0.5) is 24.9 Å². The van der Waals surface area contributed by atoms with Gasteiger partial charge in [0.15, 0.2) is 17.5 Å². The Morgan fingerprint density at radius 2 is 1.77 bits per heavy atom. The lowest BCUT2D eigenvalue weighted by atomic mass is 9.92. The summed E-state index contributed by atoms with van der Waals surface area (Å²) >= 11 is 0. The van der Waals surface area contributed by atoms with Crippen LogP contribution in [0.2, 0.25) is 0 Å². The van der Waals surface area contributed by atoms with E-state index in [9.17, 15) is 13.2 Å². The van der Waals surface area contributed by atoms with Crippen molar-refractivity contribution in [2.75, 3.05) is 23.3 Å². The molecule has 0 amide bonds. The zero-order valence-electron chi connectivity index (χ0n) is 19.6. The monoisotopic (exact) mass is 483 g/mol. The lowest BCUT2D eigenvalue weighted by molar-refractivity contribution is 0.374. The van der Waals surface area contributed by atoms with E-state index in [1.165, 1.54) is 6.07 Å². The minimum absolute atomic E-state index is 0.138. The highest BCUT2D eigenvalue weighted by molar-refractivity contribution is 5.42. The predicted octanol–water partition coefficient (Wildman–Crippen LogP) is 4.44. The maximum atomic E-state index is 14.7. The van der Waals surface area contributed by atoms with E-state index in [0.717, 1.165) is 56.4 Å². The SMILES string of the molecule is Cc1cc(N2C[C@H]3CC[C@@H](C2)[C@@H]3Nc2nc3n(n2)CCCC[C@@H]3c2ccc(F)c(F)c2F)ncn1. The smallest absolute Gasteiger partial charge is 0.242 e. The summed E-state index contributed by atoms with van der Waals surface area (Å²) in [5, 5.41) is 8.29. The molecule has 0 radical (unpaired) electrons. The van der Waals surface area contributed by atoms with E-state index in [1.54, 1.807) is 11.0 Å². The molecule has 3 aliphatic rings. The van der Waals surface area contributed by atoms with Gasteiger partial charge in [-0.15, -0.1) is 5.10 Å². The number of nitrogens with zero attached hydrogens (tertiary/aromatic N) is 6. The van der Waals surface area contributed by atoms with E-state index in [1.807, 2.05) is 13.0 Å². The number of anilines is 2. The van der Waals surface area contributed by atoms with Crippen molar-refractivity contribution in [1.29, 1.82) is 0 Å². The van der Waals surface area contributed by atoms with Crippen LogP contribution in [-0.4, -0.2) is 43.9 Å². The molecule has 2 bridgehead atoms.